The van der Waals surface area contributed by atoms with Gasteiger partial charge in [-0.1, -0.05) is 18.5 Å². The van der Waals surface area contributed by atoms with E-state index in [1.807, 2.05) is 19.9 Å². The number of rotatable bonds is 5. The van der Waals surface area contributed by atoms with Crippen LogP contribution in [0, 0.1) is 25.7 Å². The summed E-state index contributed by atoms with van der Waals surface area (Å²) in [4.78, 5) is 0. The van der Waals surface area contributed by atoms with Crippen molar-refractivity contribution in [2.24, 2.45) is 0 Å². The van der Waals surface area contributed by atoms with E-state index in [0.29, 0.717) is 0 Å². The van der Waals surface area contributed by atoms with Crippen molar-refractivity contribution in [3.63, 3.8) is 0 Å². The molecule has 0 aliphatic rings. The molecule has 0 bridgehead atoms. The minimum Gasteiger partial charge on any atom is -0.493 e. The van der Waals surface area contributed by atoms with Crippen LogP contribution in [0.3, 0.4) is 0 Å². The first-order valence-corrected chi connectivity index (χ1v) is 6.80. The summed E-state index contributed by atoms with van der Waals surface area (Å²) >= 11 is 6.25. The van der Waals surface area contributed by atoms with Crippen LogP contribution in [0.15, 0.2) is 6.07 Å². The third-order valence-corrected chi connectivity index (χ3v) is 3.31. The van der Waals surface area contributed by atoms with Gasteiger partial charge in [0.25, 0.3) is 0 Å². The molecule has 0 N–H and O–H groups in total. The van der Waals surface area contributed by atoms with E-state index in [2.05, 4.69) is 25.7 Å². The zero-order valence-corrected chi connectivity index (χ0v) is 12.4. The molecule has 18 heavy (non-hydrogen) atoms. The van der Waals surface area contributed by atoms with Crippen LogP contribution in [0.2, 0.25) is 5.02 Å². The van der Waals surface area contributed by atoms with Crippen molar-refractivity contribution in [1.29, 1.82) is 0 Å². The molecular weight excluding hydrogens is 244 g/mol. The quantitative estimate of drug-likeness (QED) is 0.701. The highest BCUT2D eigenvalue weighted by molar-refractivity contribution is 6.31. The lowest BCUT2D eigenvalue weighted by Crippen LogP contribution is -2.03. The van der Waals surface area contributed by atoms with Crippen molar-refractivity contribution in [3.05, 3.63) is 27.8 Å². The lowest BCUT2D eigenvalue weighted by atomic mass is 9.99. The lowest BCUT2D eigenvalue weighted by molar-refractivity contribution is 0.312. The van der Waals surface area contributed by atoms with Gasteiger partial charge in [-0.25, -0.2) is 0 Å². The highest BCUT2D eigenvalue weighted by Gasteiger charge is 2.13. The van der Waals surface area contributed by atoms with Crippen molar-refractivity contribution in [3.8, 4) is 17.6 Å². The molecule has 1 aromatic rings. The molecule has 98 valence electrons. The molecule has 1 nitrogen and oxygen atoms in total. The zero-order valence-electron chi connectivity index (χ0n) is 11.7. The molecular formula is C16H21ClO. The predicted octanol–water partition coefficient (Wildman–Crippen LogP) is 4.70. The number of aryl methyl sites for hydroxylation is 1. The largest absolute Gasteiger partial charge is 0.493 e. The van der Waals surface area contributed by atoms with Crippen LogP contribution in [-0.4, -0.2) is 6.61 Å². The molecule has 0 spiro atoms. The Morgan fingerprint density at radius 2 is 2.06 bits per heavy atom. The fourth-order valence-electron chi connectivity index (χ4n) is 1.93. The van der Waals surface area contributed by atoms with Crippen LogP contribution in [0.5, 0.6) is 5.75 Å². The summed E-state index contributed by atoms with van der Waals surface area (Å²) in [5.41, 5.74) is 3.43. The molecule has 0 saturated carbocycles. The Kier molecular flexibility index (Phi) is 6.09. The van der Waals surface area contributed by atoms with E-state index in [9.17, 15) is 0 Å². The van der Waals surface area contributed by atoms with Crippen LogP contribution in [0.25, 0.3) is 0 Å². The van der Waals surface area contributed by atoms with E-state index in [1.165, 1.54) is 5.56 Å². The second-order valence-electron chi connectivity index (χ2n) is 4.38. The fraction of sp³-hybridized carbons (Fsp3) is 0.500. The van der Waals surface area contributed by atoms with E-state index >= 15 is 0 Å². The number of hydrogen-bond acceptors (Lipinski definition) is 1. The summed E-state index contributed by atoms with van der Waals surface area (Å²) in [7, 11) is 0. The molecule has 0 amide bonds. The van der Waals surface area contributed by atoms with Gasteiger partial charge in [-0.2, -0.15) is 0 Å². The predicted molar refractivity (Wildman–Crippen MR) is 78.5 cm³/mol. The Balaban J connectivity index is 3.09. The van der Waals surface area contributed by atoms with Crippen LogP contribution in [0.4, 0.5) is 0 Å². The average molecular weight is 265 g/mol. The van der Waals surface area contributed by atoms with Gasteiger partial charge >= 0.3 is 0 Å². The second kappa shape index (κ2) is 7.34. The third-order valence-electron chi connectivity index (χ3n) is 2.91. The maximum Gasteiger partial charge on any atom is 0.125 e. The second-order valence-corrected chi connectivity index (χ2v) is 4.79. The average Bonchev–Trinajstić information content (AvgIpc) is 2.34. The number of benzene rings is 1. The summed E-state index contributed by atoms with van der Waals surface area (Å²) in [5, 5.41) is 0.816. The molecule has 0 unspecified atom stereocenters. The van der Waals surface area contributed by atoms with Crippen molar-refractivity contribution < 1.29 is 4.74 Å². The maximum absolute atomic E-state index is 6.25. The maximum atomic E-state index is 6.25. The highest BCUT2D eigenvalue weighted by atomic mass is 35.5. The lowest BCUT2D eigenvalue weighted by Gasteiger charge is -2.17. The van der Waals surface area contributed by atoms with Crippen molar-refractivity contribution in [2.75, 3.05) is 6.61 Å². The smallest absolute Gasteiger partial charge is 0.125 e. The summed E-state index contributed by atoms with van der Waals surface area (Å²) < 4.78 is 5.88. The first-order chi connectivity index (χ1) is 8.61. The Morgan fingerprint density at radius 1 is 1.33 bits per heavy atom. The molecule has 0 heterocycles. The van der Waals surface area contributed by atoms with Gasteiger partial charge in [-0.3, -0.25) is 0 Å². The van der Waals surface area contributed by atoms with Crippen molar-refractivity contribution in [2.45, 2.75) is 47.0 Å². The molecule has 2 heteroatoms. The monoisotopic (exact) mass is 264 g/mol. The third kappa shape index (κ3) is 3.68. The molecule has 0 fully saturated rings. The molecule has 0 radical (unpaired) electrons. The molecule has 1 rings (SSSR count). The molecule has 0 atom stereocenters. The SMILES string of the molecule is CC#CCCc1c(C)c(Cl)cc(C)c1OCCC. The van der Waals surface area contributed by atoms with E-state index in [0.717, 1.165) is 47.8 Å². The van der Waals surface area contributed by atoms with Gasteiger partial charge in [0.15, 0.2) is 0 Å². The first kappa shape index (κ1) is 14.9. The number of hydrogen-bond donors (Lipinski definition) is 0. The normalized spacial score (nSPS) is 9.83. The minimum absolute atomic E-state index is 0.744. The van der Waals surface area contributed by atoms with Crippen LogP contribution < -0.4 is 4.74 Å². The highest BCUT2D eigenvalue weighted by Crippen LogP contribution is 2.33. The van der Waals surface area contributed by atoms with Gasteiger partial charge in [0.1, 0.15) is 5.75 Å². The summed E-state index contributed by atoms with van der Waals surface area (Å²) in [5.74, 6) is 7.02. The van der Waals surface area contributed by atoms with Gasteiger partial charge in [0.05, 0.1) is 6.61 Å². The van der Waals surface area contributed by atoms with E-state index < -0.39 is 0 Å². The van der Waals surface area contributed by atoms with Gasteiger partial charge in [0.2, 0.25) is 0 Å². The number of halogens is 1. The molecule has 0 aliphatic heterocycles. The Labute approximate surface area is 115 Å². The van der Waals surface area contributed by atoms with E-state index in [1.54, 1.807) is 0 Å². The van der Waals surface area contributed by atoms with Crippen molar-refractivity contribution in [1.82, 2.24) is 0 Å². The van der Waals surface area contributed by atoms with Gasteiger partial charge < -0.3 is 4.74 Å². The minimum atomic E-state index is 0.744. The molecule has 1 aromatic carbocycles. The van der Waals surface area contributed by atoms with E-state index in [-0.39, 0.29) is 0 Å². The van der Waals surface area contributed by atoms with Crippen LogP contribution >= 0.6 is 11.6 Å². The Hall–Kier alpha value is -1.13. The molecule has 0 saturated heterocycles. The van der Waals surface area contributed by atoms with Gasteiger partial charge in [-0.15, -0.1) is 11.8 Å². The Morgan fingerprint density at radius 3 is 2.67 bits per heavy atom. The molecule has 0 aromatic heterocycles. The van der Waals surface area contributed by atoms with Gasteiger partial charge in [0, 0.05) is 11.4 Å². The van der Waals surface area contributed by atoms with Crippen LogP contribution in [-0.2, 0) is 6.42 Å². The van der Waals surface area contributed by atoms with Crippen LogP contribution in [0.1, 0.15) is 43.4 Å². The number of ether oxygens (including phenoxy) is 1. The van der Waals surface area contributed by atoms with E-state index in [4.69, 9.17) is 16.3 Å². The fourth-order valence-corrected chi connectivity index (χ4v) is 2.21. The molecule has 0 aliphatic carbocycles. The summed E-state index contributed by atoms with van der Waals surface area (Å²) in [6, 6.07) is 1.98. The Bertz CT molecular complexity index is 466. The van der Waals surface area contributed by atoms with Crippen molar-refractivity contribution >= 4 is 11.6 Å². The zero-order chi connectivity index (χ0) is 13.5. The topological polar surface area (TPSA) is 9.23 Å². The first-order valence-electron chi connectivity index (χ1n) is 6.42. The van der Waals surface area contributed by atoms with Gasteiger partial charge in [-0.05, 0) is 56.4 Å². The standard InChI is InChI=1S/C16H21ClO/c1-5-7-8-9-14-13(4)15(17)11-12(3)16(14)18-10-6-2/h11H,6,8-10H2,1-4H3. The summed E-state index contributed by atoms with van der Waals surface area (Å²) in [6.07, 6.45) is 2.75. The summed E-state index contributed by atoms with van der Waals surface area (Å²) in [6.45, 7) is 8.82.